The lowest BCUT2D eigenvalue weighted by Crippen LogP contribution is -2.42. The number of ether oxygens (including phenoxy) is 3. The number of nitro groups is 2. The molecule has 81 heavy (non-hydrogen) atoms. The molecule has 0 aliphatic rings. The van der Waals surface area contributed by atoms with Crippen molar-refractivity contribution in [3.8, 4) is 28.5 Å². The summed E-state index contributed by atoms with van der Waals surface area (Å²) in [6, 6.07) is 16.3. The van der Waals surface area contributed by atoms with Crippen molar-refractivity contribution >= 4 is 44.4 Å². The first-order valence-corrected chi connectivity index (χ1v) is 40.0. The van der Waals surface area contributed by atoms with Crippen molar-refractivity contribution in [1.29, 1.82) is 0 Å². The Balaban J connectivity index is 0.000000303. The number of benzene rings is 2. The molecule has 18 nitrogen and oxygen atoms in total. The van der Waals surface area contributed by atoms with Gasteiger partial charge in [-0.25, -0.2) is 18.7 Å². The number of aromatic nitrogens is 6. The van der Waals surface area contributed by atoms with Crippen molar-refractivity contribution in [3.05, 3.63) is 147 Å². The summed E-state index contributed by atoms with van der Waals surface area (Å²) in [4.78, 5) is 36.2. The molecule has 0 aliphatic carbocycles. The van der Waals surface area contributed by atoms with Crippen LogP contribution in [-0.2, 0) is 31.8 Å². The number of rotatable bonds is 24. The van der Waals surface area contributed by atoms with Crippen LogP contribution in [0.1, 0.15) is 64.9 Å². The fraction of sp³-hybridized carbons (Fsp3) is 0.500. The minimum Gasteiger partial charge on any atom is -0.475 e. The van der Waals surface area contributed by atoms with Crippen LogP contribution < -0.4 is 4.74 Å². The average Bonchev–Trinajstić information content (AvgIpc) is 4.06. The average molecular weight is 1200 g/mol. The summed E-state index contributed by atoms with van der Waals surface area (Å²) in [5.74, 6) is -1.73. The minimum atomic E-state index is -2.26. The second kappa shape index (κ2) is 29.0. The molecule has 1 N–H and O–H groups in total. The Morgan fingerprint density at radius 2 is 1.02 bits per heavy atom. The van der Waals surface area contributed by atoms with Crippen LogP contribution in [0.4, 0.5) is 24.8 Å². The molecule has 4 aromatic heterocycles. The molecule has 2 unspecified atom stereocenters. The Labute approximate surface area is 479 Å². The van der Waals surface area contributed by atoms with E-state index in [4.69, 9.17) is 23.1 Å². The van der Waals surface area contributed by atoms with Gasteiger partial charge in [-0.15, -0.1) is 0 Å². The van der Waals surface area contributed by atoms with Crippen LogP contribution in [0.2, 0.25) is 87.6 Å². The van der Waals surface area contributed by atoms with Crippen molar-refractivity contribution in [2.24, 2.45) is 0 Å². The third-order valence-electron chi connectivity index (χ3n) is 14.0. The lowest BCUT2D eigenvalue weighted by atomic mass is 10.0. The van der Waals surface area contributed by atoms with E-state index in [0.717, 1.165) is 18.2 Å². The summed E-state index contributed by atoms with van der Waals surface area (Å²) in [6.45, 7) is 37.3. The maximum absolute atomic E-state index is 14.8. The number of pyridine rings is 2. The van der Waals surface area contributed by atoms with Gasteiger partial charge in [-0.1, -0.05) is 80.8 Å². The zero-order valence-corrected chi connectivity index (χ0v) is 53.9. The van der Waals surface area contributed by atoms with E-state index in [1.807, 2.05) is 21.5 Å². The van der Waals surface area contributed by atoms with Gasteiger partial charge in [0.15, 0.2) is 16.6 Å². The largest absolute Gasteiger partial charge is 0.475 e. The molecule has 0 radical (unpaired) electrons. The first kappa shape index (κ1) is 67.7. The van der Waals surface area contributed by atoms with Crippen molar-refractivity contribution in [1.82, 2.24) is 29.1 Å². The van der Waals surface area contributed by atoms with E-state index >= 15 is 0 Å². The summed E-state index contributed by atoms with van der Waals surface area (Å²) in [5.41, 5.74) is 2.25. The van der Waals surface area contributed by atoms with E-state index in [1.165, 1.54) is 48.8 Å². The third-order valence-corrected chi connectivity index (χ3v) is 26.4. The van der Waals surface area contributed by atoms with Crippen LogP contribution in [0.3, 0.4) is 0 Å². The number of aliphatic hydroxyl groups excluding tert-OH is 1. The molecule has 6 rings (SSSR count). The van der Waals surface area contributed by atoms with Crippen LogP contribution in [0.25, 0.3) is 22.8 Å². The summed E-state index contributed by atoms with van der Waals surface area (Å²) in [5, 5.41) is 32.5. The molecule has 4 heterocycles. The molecule has 6 aromatic rings. The van der Waals surface area contributed by atoms with Crippen molar-refractivity contribution in [2.45, 2.75) is 155 Å². The second-order valence-electron chi connectivity index (χ2n) is 25.0. The number of halogens is 3. The van der Waals surface area contributed by atoms with Gasteiger partial charge in [-0.2, -0.15) is 4.39 Å². The van der Waals surface area contributed by atoms with Gasteiger partial charge in [0.1, 0.15) is 61.3 Å². The predicted molar refractivity (Wildman–Crippen MR) is 320 cm³/mol. The van der Waals surface area contributed by atoms with E-state index in [9.17, 15) is 38.5 Å². The Morgan fingerprint density at radius 1 is 0.593 bits per heavy atom. The Hall–Kier alpha value is -5.78. The van der Waals surface area contributed by atoms with Gasteiger partial charge >= 0.3 is 11.6 Å². The van der Waals surface area contributed by atoms with E-state index in [0.29, 0.717) is 53.8 Å². The van der Waals surface area contributed by atoms with E-state index < -0.39 is 83.9 Å². The Morgan fingerprint density at radius 3 is 1.46 bits per heavy atom. The highest BCUT2D eigenvalue weighted by Crippen LogP contribution is 2.41. The highest BCUT2D eigenvalue weighted by Gasteiger charge is 2.40. The molecule has 2 aromatic carbocycles. The number of aliphatic hydroxyl groups is 1. The number of hydrogen-bond donors (Lipinski definition) is 1. The monoisotopic (exact) mass is 1200 g/mol. The molecule has 25 heteroatoms. The highest BCUT2D eigenvalue weighted by molar-refractivity contribution is 6.76. The Kier molecular flexibility index (Phi) is 24.2. The fourth-order valence-electron chi connectivity index (χ4n) is 6.97. The summed E-state index contributed by atoms with van der Waals surface area (Å²) >= 11 is 0. The van der Waals surface area contributed by atoms with Gasteiger partial charge in [0.25, 0.3) is 0 Å². The number of nitrogens with zero attached hydrogens (tertiary/aromatic N) is 8. The first-order chi connectivity index (χ1) is 37.5. The van der Waals surface area contributed by atoms with Crippen LogP contribution in [0.15, 0.2) is 97.8 Å². The molecule has 0 spiro atoms. The lowest BCUT2D eigenvalue weighted by Gasteiger charge is -2.37. The standard InChI is InChI=1S/C28H41FN4O5Si2.C23H39FN2O3Si2.C5H3FN2O2/c1-28(2,3)40(7,8)37-19-25(38-24-10-9-13-30-27(24)33(34)35)23-18-21(29)11-12-22(23)26-31-14-15-32(26)20-36-16-17-39(4,5)6;1-23(2,3)31(7,8)29-16-21(27)20-15-18(24)9-10-19(20)22-25-11-12-26(22)17-28-13-14-30(4,5)6;6-4-2-1-3-7-5(4)8(9)10/h9-15,18,25H,16-17,19-20H2,1-8H3;9-12,15,21,27H,13-14,16-17H2,1-8H3;1-3H. The predicted octanol–water partition coefficient (Wildman–Crippen LogP) is 14.6. The smallest absolute Gasteiger partial charge is 0.406 e. The van der Waals surface area contributed by atoms with Gasteiger partial charge in [-0.3, -0.25) is 0 Å². The molecule has 0 saturated carbocycles. The molecule has 0 saturated heterocycles. The molecule has 2 atom stereocenters. The Bertz CT molecular complexity index is 2990. The van der Waals surface area contributed by atoms with Crippen LogP contribution in [0, 0.1) is 37.7 Å². The minimum absolute atomic E-state index is 0.0236. The lowest BCUT2D eigenvalue weighted by molar-refractivity contribution is -0.392. The normalized spacial score (nSPS) is 13.1. The summed E-state index contributed by atoms with van der Waals surface area (Å²) in [6.07, 6.45) is 7.69. The topological polar surface area (TPSA) is 214 Å². The van der Waals surface area contributed by atoms with Crippen molar-refractivity contribution in [2.75, 3.05) is 26.4 Å². The quantitative estimate of drug-likeness (QED) is 0.0258. The molecular weight excluding hydrogens is 1110 g/mol. The van der Waals surface area contributed by atoms with Crippen LogP contribution in [0.5, 0.6) is 5.75 Å². The third kappa shape index (κ3) is 20.9. The second-order valence-corrected chi connectivity index (χ2v) is 45.9. The maximum Gasteiger partial charge on any atom is 0.406 e. The van der Waals surface area contributed by atoms with Gasteiger partial charge < -0.3 is 57.5 Å². The zero-order valence-electron chi connectivity index (χ0n) is 49.9. The van der Waals surface area contributed by atoms with Crippen LogP contribution >= 0.6 is 0 Å². The molecule has 0 aliphatic heterocycles. The van der Waals surface area contributed by atoms with Crippen LogP contribution in [-0.4, -0.2) is 103 Å². The fourth-order valence-corrected chi connectivity index (χ4v) is 10.5. The first-order valence-electron chi connectivity index (χ1n) is 26.8. The van der Waals surface area contributed by atoms with Gasteiger partial charge in [0.05, 0.1) is 13.2 Å². The molecule has 0 amide bonds. The van der Waals surface area contributed by atoms with Crippen molar-refractivity contribution in [3.63, 3.8) is 0 Å². The molecule has 0 fully saturated rings. The molecule has 0 bridgehead atoms. The maximum atomic E-state index is 14.8. The van der Waals surface area contributed by atoms with Crippen molar-refractivity contribution < 1.29 is 51.2 Å². The summed E-state index contributed by atoms with van der Waals surface area (Å²) in [7, 11) is -6.70. The van der Waals surface area contributed by atoms with E-state index in [1.54, 1.807) is 30.6 Å². The number of hydrogen-bond acceptors (Lipinski definition) is 14. The number of imidazole rings is 2. The molecule has 444 valence electrons. The van der Waals surface area contributed by atoms with Gasteiger partial charge in [0, 0.05) is 70.8 Å². The van der Waals surface area contributed by atoms with Gasteiger partial charge in [0.2, 0.25) is 11.6 Å². The summed E-state index contributed by atoms with van der Waals surface area (Å²) < 4.78 is 75.7. The SMILES string of the molecule is CC(C)(C)[Si](C)(C)OCC(O)c1cc(F)ccc1-c1nccn1COCC[Si](C)(C)C.CC(C)(C)[Si](C)(C)OCC(Oc1cccnc1[N+](=O)[O-])c1cc(F)ccc1-c1nccn1COCC[Si](C)(C)C.O=[N+]([O-])c1ncccc1F. The van der Waals surface area contributed by atoms with E-state index in [-0.39, 0.29) is 35.8 Å². The highest BCUT2D eigenvalue weighted by atomic mass is 28.4. The molecular formula is C56H83F3N8O10Si4. The van der Waals surface area contributed by atoms with Gasteiger partial charge in [-0.05, 0) is 134 Å². The zero-order chi connectivity index (χ0) is 60.7. The van der Waals surface area contributed by atoms with E-state index in [2.05, 4.69) is 127 Å².